The van der Waals surface area contributed by atoms with Gasteiger partial charge in [0.2, 0.25) is 5.91 Å². The van der Waals surface area contributed by atoms with Gasteiger partial charge in [-0.05, 0) is 53.5 Å². The first-order chi connectivity index (χ1) is 9.08. The van der Waals surface area contributed by atoms with Crippen molar-refractivity contribution < 1.29 is 9.53 Å². The first-order valence-electron chi connectivity index (χ1n) is 6.39. The number of benzene rings is 1. The zero-order valence-corrected chi connectivity index (χ0v) is 12.9. The predicted molar refractivity (Wildman–Crippen MR) is 78.2 cm³/mol. The van der Waals surface area contributed by atoms with E-state index < -0.39 is 0 Å². The van der Waals surface area contributed by atoms with Crippen LogP contribution < -0.4 is 10.1 Å². The summed E-state index contributed by atoms with van der Waals surface area (Å²) in [5.74, 6) is 0.926. The van der Waals surface area contributed by atoms with Gasteiger partial charge >= 0.3 is 0 Å². The van der Waals surface area contributed by atoms with Crippen molar-refractivity contribution in [2.45, 2.75) is 25.4 Å². The summed E-state index contributed by atoms with van der Waals surface area (Å²) in [6.07, 6.45) is 2.25. The lowest BCUT2D eigenvalue weighted by atomic mass is 10.2. The van der Waals surface area contributed by atoms with Gasteiger partial charge in [0.25, 0.3) is 0 Å². The third-order valence-electron chi connectivity index (χ3n) is 3.02. The van der Waals surface area contributed by atoms with E-state index in [2.05, 4.69) is 21.2 Å². The van der Waals surface area contributed by atoms with E-state index in [1.807, 2.05) is 30.1 Å². The molecule has 19 heavy (non-hydrogen) atoms. The second kappa shape index (κ2) is 6.39. The van der Waals surface area contributed by atoms with Crippen LogP contribution in [0.5, 0.6) is 5.75 Å². The molecule has 1 aliphatic rings. The van der Waals surface area contributed by atoms with Crippen molar-refractivity contribution in [3.05, 3.63) is 28.2 Å². The number of nitrogens with one attached hydrogen (secondary N) is 1. The van der Waals surface area contributed by atoms with E-state index in [-0.39, 0.29) is 5.91 Å². The molecule has 1 N–H and O–H groups in total. The van der Waals surface area contributed by atoms with E-state index in [4.69, 9.17) is 4.74 Å². The van der Waals surface area contributed by atoms with Crippen molar-refractivity contribution in [1.82, 2.24) is 10.2 Å². The van der Waals surface area contributed by atoms with Crippen LogP contribution in [0.4, 0.5) is 0 Å². The molecule has 0 saturated heterocycles. The number of carbonyl (C=O) groups is 1. The zero-order chi connectivity index (χ0) is 13.8. The van der Waals surface area contributed by atoms with Crippen LogP contribution in [0, 0.1) is 0 Å². The fourth-order valence-electron chi connectivity index (χ4n) is 1.92. The molecule has 0 aromatic heterocycles. The lowest BCUT2D eigenvalue weighted by Gasteiger charge is -2.17. The fourth-order valence-corrected chi connectivity index (χ4v) is 2.51. The van der Waals surface area contributed by atoms with Crippen LogP contribution in [0.2, 0.25) is 0 Å². The Balaban J connectivity index is 1.85. The minimum atomic E-state index is 0.109. The standard InChI is InChI=1S/C14H19BrN2O2/c1-17(9-14(18)16-11-4-5-11)8-10-3-6-13(19-2)12(15)7-10/h3,6-7,11H,4-5,8-9H2,1-2H3,(H,16,18). The average molecular weight is 327 g/mol. The number of methoxy groups -OCH3 is 1. The van der Waals surface area contributed by atoms with Gasteiger partial charge in [-0.15, -0.1) is 0 Å². The molecular formula is C14H19BrN2O2. The van der Waals surface area contributed by atoms with Crippen LogP contribution in [0.1, 0.15) is 18.4 Å². The first kappa shape index (κ1) is 14.3. The molecular weight excluding hydrogens is 308 g/mol. The Morgan fingerprint density at radius 2 is 2.26 bits per heavy atom. The monoisotopic (exact) mass is 326 g/mol. The summed E-state index contributed by atoms with van der Waals surface area (Å²) in [4.78, 5) is 13.7. The van der Waals surface area contributed by atoms with Gasteiger partial charge in [0.05, 0.1) is 18.1 Å². The van der Waals surface area contributed by atoms with E-state index in [0.717, 1.165) is 35.2 Å². The molecule has 0 radical (unpaired) electrons. The Morgan fingerprint density at radius 1 is 1.53 bits per heavy atom. The van der Waals surface area contributed by atoms with E-state index in [1.54, 1.807) is 7.11 Å². The molecule has 0 unspecified atom stereocenters. The summed E-state index contributed by atoms with van der Waals surface area (Å²) < 4.78 is 6.13. The number of halogens is 1. The Hall–Kier alpha value is -1.07. The molecule has 1 aliphatic carbocycles. The molecule has 0 heterocycles. The number of likely N-dealkylation sites (N-methyl/N-ethyl adjacent to an activating group) is 1. The predicted octanol–water partition coefficient (Wildman–Crippen LogP) is 2.17. The molecule has 1 amide bonds. The van der Waals surface area contributed by atoms with Crippen LogP contribution in [-0.2, 0) is 11.3 Å². The average Bonchev–Trinajstić information content (AvgIpc) is 3.12. The Kier molecular flexibility index (Phi) is 4.82. The molecule has 5 heteroatoms. The quantitative estimate of drug-likeness (QED) is 0.871. The normalized spacial score (nSPS) is 14.5. The van der Waals surface area contributed by atoms with Gasteiger partial charge in [0, 0.05) is 12.6 Å². The van der Waals surface area contributed by atoms with Crippen molar-refractivity contribution in [2.75, 3.05) is 20.7 Å². The molecule has 0 aliphatic heterocycles. The van der Waals surface area contributed by atoms with Gasteiger partial charge in [-0.1, -0.05) is 6.07 Å². The van der Waals surface area contributed by atoms with Gasteiger partial charge in [-0.25, -0.2) is 0 Å². The number of hydrogen-bond acceptors (Lipinski definition) is 3. The van der Waals surface area contributed by atoms with Crippen LogP contribution >= 0.6 is 15.9 Å². The fraction of sp³-hybridized carbons (Fsp3) is 0.500. The summed E-state index contributed by atoms with van der Waals surface area (Å²) in [6, 6.07) is 6.39. The molecule has 2 rings (SSSR count). The minimum Gasteiger partial charge on any atom is -0.496 e. The highest BCUT2D eigenvalue weighted by Gasteiger charge is 2.23. The van der Waals surface area contributed by atoms with Gasteiger partial charge < -0.3 is 10.1 Å². The van der Waals surface area contributed by atoms with Gasteiger partial charge in [0.15, 0.2) is 0 Å². The zero-order valence-electron chi connectivity index (χ0n) is 11.3. The second-order valence-electron chi connectivity index (χ2n) is 4.98. The Morgan fingerprint density at radius 3 is 2.84 bits per heavy atom. The lowest BCUT2D eigenvalue weighted by molar-refractivity contribution is -0.122. The van der Waals surface area contributed by atoms with Crippen LogP contribution in [0.25, 0.3) is 0 Å². The van der Waals surface area contributed by atoms with Gasteiger partial charge in [-0.2, -0.15) is 0 Å². The number of rotatable bonds is 6. The molecule has 1 aromatic rings. The lowest BCUT2D eigenvalue weighted by Crippen LogP contribution is -2.35. The molecule has 0 bridgehead atoms. The van der Waals surface area contributed by atoms with Crippen LogP contribution in [0.3, 0.4) is 0 Å². The molecule has 0 spiro atoms. The SMILES string of the molecule is COc1ccc(CN(C)CC(=O)NC2CC2)cc1Br. The molecule has 4 nitrogen and oxygen atoms in total. The highest BCUT2D eigenvalue weighted by Crippen LogP contribution is 2.25. The molecule has 1 saturated carbocycles. The number of ether oxygens (including phenoxy) is 1. The molecule has 104 valence electrons. The third kappa shape index (κ3) is 4.51. The Bertz CT molecular complexity index is 461. The summed E-state index contributed by atoms with van der Waals surface area (Å²) in [6.45, 7) is 1.17. The number of nitrogens with zero attached hydrogens (tertiary/aromatic N) is 1. The molecule has 0 atom stereocenters. The van der Waals surface area contributed by atoms with Gasteiger partial charge in [0.1, 0.15) is 5.75 Å². The molecule has 1 aromatic carbocycles. The maximum absolute atomic E-state index is 11.7. The van der Waals surface area contributed by atoms with E-state index >= 15 is 0 Å². The van der Waals surface area contributed by atoms with E-state index in [1.165, 1.54) is 0 Å². The summed E-state index contributed by atoms with van der Waals surface area (Å²) >= 11 is 3.47. The van der Waals surface area contributed by atoms with Gasteiger partial charge in [-0.3, -0.25) is 9.69 Å². The summed E-state index contributed by atoms with van der Waals surface area (Å²) in [7, 11) is 3.60. The third-order valence-corrected chi connectivity index (χ3v) is 3.64. The maximum Gasteiger partial charge on any atom is 0.234 e. The van der Waals surface area contributed by atoms with Crippen molar-refractivity contribution in [3.8, 4) is 5.75 Å². The number of amides is 1. The largest absolute Gasteiger partial charge is 0.496 e. The van der Waals surface area contributed by atoms with Crippen molar-refractivity contribution >= 4 is 21.8 Å². The van der Waals surface area contributed by atoms with Crippen LogP contribution in [-0.4, -0.2) is 37.6 Å². The van der Waals surface area contributed by atoms with E-state index in [0.29, 0.717) is 12.6 Å². The molecule has 1 fully saturated rings. The Labute approximate surface area is 122 Å². The maximum atomic E-state index is 11.7. The minimum absolute atomic E-state index is 0.109. The highest BCUT2D eigenvalue weighted by atomic mass is 79.9. The number of carbonyl (C=O) groups excluding carboxylic acids is 1. The number of hydrogen-bond donors (Lipinski definition) is 1. The second-order valence-corrected chi connectivity index (χ2v) is 5.84. The van der Waals surface area contributed by atoms with Crippen molar-refractivity contribution in [3.63, 3.8) is 0 Å². The van der Waals surface area contributed by atoms with Crippen molar-refractivity contribution in [2.24, 2.45) is 0 Å². The smallest absolute Gasteiger partial charge is 0.234 e. The topological polar surface area (TPSA) is 41.6 Å². The first-order valence-corrected chi connectivity index (χ1v) is 7.18. The summed E-state index contributed by atoms with van der Waals surface area (Å²) in [5, 5.41) is 2.99. The summed E-state index contributed by atoms with van der Waals surface area (Å²) in [5.41, 5.74) is 1.15. The highest BCUT2D eigenvalue weighted by molar-refractivity contribution is 9.10. The van der Waals surface area contributed by atoms with Crippen LogP contribution in [0.15, 0.2) is 22.7 Å². The van der Waals surface area contributed by atoms with Crippen molar-refractivity contribution in [1.29, 1.82) is 0 Å². The van der Waals surface area contributed by atoms with E-state index in [9.17, 15) is 4.79 Å².